The molecule has 2 rings (SSSR count). The van der Waals surface area contributed by atoms with Crippen molar-refractivity contribution in [3.8, 4) is 16.9 Å². The van der Waals surface area contributed by atoms with E-state index < -0.39 is 12.0 Å². The van der Waals surface area contributed by atoms with Gasteiger partial charge in [-0.25, -0.2) is 4.39 Å². The highest BCUT2D eigenvalue weighted by Crippen LogP contribution is 2.36. The first-order valence-corrected chi connectivity index (χ1v) is 8.65. The number of halogens is 1. The lowest BCUT2D eigenvalue weighted by Gasteiger charge is -2.18. The zero-order chi connectivity index (χ0) is 19.4. The molecule has 0 amide bonds. The topological polar surface area (TPSA) is 61.5 Å². The summed E-state index contributed by atoms with van der Waals surface area (Å²) in [7, 11) is 1.62. The van der Waals surface area contributed by atoms with Crippen LogP contribution in [-0.2, 0) is 9.53 Å². The van der Waals surface area contributed by atoms with Gasteiger partial charge in [-0.1, -0.05) is 6.07 Å². The van der Waals surface area contributed by atoms with Gasteiger partial charge in [-0.15, -0.1) is 0 Å². The van der Waals surface area contributed by atoms with E-state index in [9.17, 15) is 9.18 Å². The molecule has 0 aliphatic rings. The van der Waals surface area contributed by atoms with Crippen molar-refractivity contribution >= 4 is 5.97 Å². The number of hydrogen-bond acceptors (Lipinski definition) is 4. The highest BCUT2D eigenvalue weighted by atomic mass is 19.1. The molecule has 1 atom stereocenters. The first-order chi connectivity index (χ1) is 12.3. The molecule has 0 aliphatic carbocycles. The monoisotopic (exact) mass is 359 g/mol. The van der Waals surface area contributed by atoms with Crippen LogP contribution in [0.15, 0.2) is 24.3 Å². The Morgan fingerprint density at radius 3 is 2.50 bits per heavy atom. The molecule has 2 N–H and O–H groups in total. The van der Waals surface area contributed by atoms with Crippen molar-refractivity contribution in [1.29, 1.82) is 0 Å². The van der Waals surface area contributed by atoms with Crippen molar-refractivity contribution < 1.29 is 18.7 Å². The highest BCUT2D eigenvalue weighted by Gasteiger charge is 2.20. The molecule has 26 heavy (non-hydrogen) atoms. The Kier molecular flexibility index (Phi) is 6.37. The Morgan fingerprint density at radius 1 is 1.19 bits per heavy atom. The predicted molar refractivity (Wildman–Crippen MR) is 101 cm³/mol. The van der Waals surface area contributed by atoms with E-state index in [-0.39, 0.29) is 18.8 Å². The molecule has 0 radical (unpaired) electrons. The number of esters is 1. The first-order valence-electron chi connectivity index (χ1n) is 8.65. The second-order valence-electron chi connectivity index (χ2n) is 6.40. The minimum Gasteiger partial charge on any atom is -0.496 e. The van der Waals surface area contributed by atoms with Crippen LogP contribution >= 0.6 is 0 Å². The minimum absolute atomic E-state index is 0.0657. The SMILES string of the molecule is CCOC(=O)C[C@H](N)c1cc(-c2c(C)ccc(OC)c2C)cc(C)c1F. The van der Waals surface area contributed by atoms with Gasteiger partial charge < -0.3 is 15.2 Å². The molecule has 4 nitrogen and oxygen atoms in total. The largest absolute Gasteiger partial charge is 0.496 e. The quantitative estimate of drug-likeness (QED) is 0.778. The summed E-state index contributed by atoms with van der Waals surface area (Å²) < 4.78 is 25.0. The molecule has 0 fully saturated rings. The van der Waals surface area contributed by atoms with Crippen LogP contribution in [0.25, 0.3) is 11.1 Å². The Hall–Kier alpha value is -2.40. The molecule has 2 aromatic carbocycles. The molecular weight excluding hydrogens is 333 g/mol. The smallest absolute Gasteiger partial charge is 0.307 e. The van der Waals surface area contributed by atoms with Gasteiger partial charge in [0.15, 0.2) is 0 Å². The number of methoxy groups -OCH3 is 1. The van der Waals surface area contributed by atoms with Crippen molar-refractivity contribution in [3.63, 3.8) is 0 Å². The molecule has 0 unspecified atom stereocenters. The lowest BCUT2D eigenvalue weighted by Crippen LogP contribution is -2.19. The van der Waals surface area contributed by atoms with Crippen molar-refractivity contribution in [2.75, 3.05) is 13.7 Å². The summed E-state index contributed by atoms with van der Waals surface area (Å²) in [4.78, 5) is 11.7. The maximum atomic E-state index is 14.7. The number of ether oxygens (including phenoxy) is 2. The number of nitrogens with two attached hydrogens (primary N) is 1. The van der Waals surface area contributed by atoms with Gasteiger partial charge in [0.05, 0.1) is 20.1 Å². The molecule has 5 heteroatoms. The average molecular weight is 359 g/mol. The molecule has 2 aromatic rings. The molecule has 0 bridgehead atoms. The Morgan fingerprint density at radius 2 is 1.88 bits per heavy atom. The zero-order valence-electron chi connectivity index (χ0n) is 16.0. The number of benzene rings is 2. The molecule has 0 saturated carbocycles. The second-order valence-corrected chi connectivity index (χ2v) is 6.40. The van der Waals surface area contributed by atoms with Crippen LogP contribution in [0.3, 0.4) is 0 Å². The van der Waals surface area contributed by atoms with Gasteiger partial charge in [-0.05, 0) is 73.7 Å². The van der Waals surface area contributed by atoms with E-state index in [1.165, 1.54) is 0 Å². The van der Waals surface area contributed by atoms with Crippen LogP contribution < -0.4 is 10.5 Å². The van der Waals surface area contributed by atoms with E-state index >= 15 is 0 Å². The molecule has 0 saturated heterocycles. The molecule has 0 heterocycles. The lowest BCUT2D eigenvalue weighted by molar-refractivity contribution is -0.143. The van der Waals surface area contributed by atoms with Crippen molar-refractivity contribution in [3.05, 3.63) is 52.3 Å². The maximum Gasteiger partial charge on any atom is 0.307 e. The van der Waals surface area contributed by atoms with E-state index in [0.717, 1.165) is 28.0 Å². The summed E-state index contributed by atoms with van der Waals surface area (Å²) in [5, 5.41) is 0. The number of carbonyl (C=O) groups excluding carboxylic acids is 1. The summed E-state index contributed by atoms with van der Waals surface area (Å²) in [5.74, 6) is -0.0510. The minimum atomic E-state index is -0.765. The summed E-state index contributed by atoms with van der Waals surface area (Å²) in [6.45, 7) is 7.67. The van der Waals surface area contributed by atoms with Crippen LogP contribution in [0, 0.1) is 26.6 Å². The molecule has 0 spiro atoms. The van der Waals surface area contributed by atoms with Crippen LogP contribution in [0.5, 0.6) is 5.75 Å². The number of hydrogen-bond donors (Lipinski definition) is 1. The van der Waals surface area contributed by atoms with Gasteiger partial charge in [-0.2, -0.15) is 0 Å². The number of aryl methyl sites for hydroxylation is 2. The standard InChI is InChI=1S/C21H26FNO3/c1-6-26-19(24)11-17(23)16-10-15(9-13(3)21(16)22)20-12(2)7-8-18(25-5)14(20)4/h7-10,17H,6,11,23H2,1-5H3/t17-/m0/s1. The van der Waals surface area contributed by atoms with E-state index in [2.05, 4.69) is 0 Å². The summed E-state index contributed by atoms with van der Waals surface area (Å²) in [6, 6.07) is 6.64. The highest BCUT2D eigenvalue weighted by molar-refractivity contribution is 5.75. The number of carbonyl (C=O) groups is 1. The first kappa shape index (κ1) is 19.9. The number of rotatable bonds is 6. The van der Waals surface area contributed by atoms with Gasteiger partial charge >= 0.3 is 5.97 Å². The third-order valence-electron chi connectivity index (χ3n) is 4.51. The molecular formula is C21H26FNO3. The average Bonchev–Trinajstić information content (AvgIpc) is 2.58. The molecule has 0 aliphatic heterocycles. The van der Waals surface area contributed by atoms with Crippen molar-refractivity contribution in [2.45, 2.75) is 40.2 Å². The Bertz CT molecular complexity index is 817. The molecule has 0 aromatic heterocycles. The third-order valence-corrected chi connectivity index (χ3v) is 4.51. The van der Waals surface area contributed by atoms with Crippen LogP contribution in [0.4, 0.5) is 4.39 Å². The lowest BCUT2D eigenvalue weighted by atomic mass is 9.90. The second kappa shape index (κ2) is 8.32. The fourth-order valence-corrected chi connectivity index (χ4v) is 3.21. The Balaban J connectivity index is 2.54. The van der Waals surface area contributed by atoms with Gasteiger partial charge in [0, 0.05) is 11.6 Å². The maximum absolute atomic E-state index is 14.7. The third kappa shape index (κ3) is 4.05. The van der Waals surface area contributed by atoms with E-state index in [0.29, 0.717) is 11.1 Å². The van der Waals surface area contributed by atoms with Gasteiger partial charge in [0.25, 0.3) is 0 Å². The summed E-state index contributed by atoms with van der Waals surface area (Å²) in [5.41, 5.74) is 10.8. The van der Waals surface area contributed by atoms with Gasteiger partial charge in [0.2, 0.25) is 0 Å². The van der Waals surface area contributed by atoms with E-state index in [1.807, 2.05) is 26.0 Å². The summed E-state index contributed by atoms with van der Waals surface area (Å²) >= 11 is 0. The van der Waals surface area contributed by atoms with Crippen LogP contribution in [0.1, 0.15) is 41.6 Å². The molecule has 140 valence electrons. The fraction of sp³-hybridized carbons (Fsp3) is 0.381. The normalized spacial score (nSPS) is 12.0. The van der Waals surface area contributed by atoms with Crippen LogP contribution in [-0.4, -0.2) is 19.7 Å². The predicted octanol–water partition coefficient (Wildman–Crippen LogP) is 4.38. The zero-order valence-corrected chi connectivity index (χ0v) is 16.0. The van der Waals surface area contributed by atoms with Crippen molar-refractivity contribution in [1.82, 2.24) is 0 Å². The fourth-order valence-electron chi connectivity index (χ4n) is 3.21. The van der Waals surface area contributed by atoms with Gasteiger partial charge in [0.1, 0.15) is 11.6 Å². The van der Waals surface area contributed by atoms with E-state index in [1.54, 1.807) is 33.1 Å². The van der Waals surface area contributed by atoms with Crippen molar-refractivity contribution in [2.24, 2.45) is 5.73 Å². The summed E-state index contributed by atoms with van der Waals surface area (Å²) in [6.07, 6.45) is -0.0657. The Labute approximate surface area is 154 Å². The van der Waals surface area contributed by atoms with Gasteiger partial charge in [-0.3, -0.25) is 4.79 Å². The van der Waals surface area contributed by atoms with Crippen LogP contribution in [0.2, 0.25) is 0 Å². The van der Waals surface area contributed by atoms with E-state index in [4.69, 9.17) is 15.2 Å².